The van der Waals surface area contributed by atoms with Crippen LogP contribution in [0.15, 0.2) is 119 Å². The Morgan fingerprint density at radius 2 is 1.10 bits per heavy atom. The summed E-state index contributed by atoms with van der Waals surface area (Å²) in [6.07, 6.45) is -5.44. The molecule has 4 aromatic carbocycles. The van der Waals surface area contributed by atoms with E-state index < -0.39 is 152 Å². The van der Waals surface area contributed by atoms with Gasteiger partial charge in [0.25, 0.3) is 11.8 Å². The fourth-order valence-electron chi connectivity index (χ4n) is 9.57. The topological polar surface area (TPSA) is 341 Å². The predicted molar refractivity (Wildman–Crippen MR) is 306 cm³/mol. The largest absolute Gasteiger partial charge is 0.534 e. The highest BCUT2D eigenvalue weighted by Gasteiger charge is 2.46. The lowest BCUT2D eigenvalue weighted by Crippen LogP contribution is -2.51. The highest BCUT2D eigenvalue weighted by atomic mass is 32.2. The lowest BCUT2D eigenvalue weighted by Gasteiger charge is -2.31. The lowest BCUT2D eigenvalue weighted by atomic mass is 10.0. The van der Waals surface area contributed by atoms with Crippen molar-refractivity contribution in [3.63, 3.8) is 0 Å². The minimum Gasteiger partial charge on any atom is -0.443 e. The number of benzene rings is 4. The quantitative estimate of drug-likeness (QED) is 0.0365. The van der Waals surface area contributed by atoms with Crippen molar-refractivity contribution in [2.45, 2.75) is 125 Å². The highest BCUT2D eigenvalue weighted by Crippen LogP contribution is 2.34. The van der Waals surface area contributed by atoms with Gasteiger partial charge in [0.2, 0.25) is 20.0 Å². The number of alkyl carbamates (subject to hydrolysis) is 1. The molecule has 9 N–H and O–H groups in total. The maximum atomic E-state index is 13.8. The van der Waals surface area contributed by atoms with Gasteiger partial charge in [-0.25, -0.2) is 26.4 Å². The number of carbonyl (C=O) groups excluding carboxylic acids is 4. The third-order valence-electron chi connectivity index (χ3n) is 14.0. The highest BCUT2D eigenvalue weighted by molar-refractivity contribution is 7.89. The summed E-state index contributed by atoms with van der Waals surface area (Å²) < 4.78 is 197. The van der Waals surface area contributed by atoms with Crippen LogP contribution in [0, 0.1) is 23.6 Å². The van der Waals surface area contributed by atoms with Crippen molar-refractivity contribution in [2.24, 2.45) is 29.4 Å². The third-order valence-corrected chi connectivity index (χ3v) is 17.7. The zero-order chi connectivity index (χ0) is 72.6. The molecule has 0 aliphatic carbocycles. The maximum Gasteiger partial charge on any atom is 0.534 e. The summed E-state index contributed by atoms with van der Waals surface area (Å²) in [5, 5.41) is 25.2. The van der Waals surface area contributed by atoms with Crippen LogP contribution in [0.3, 0.4) is 0 Å². The molecule has 26 heteroatoms. The Hall–Kier alpha value is -6.30. The van der Waals surface area contributed by atoms with Crippen molar-refractivity contribution in [1.29, 1.82) is 0 Å². The molecule has 4 aromatic rings. The summed E-state index contributed by atoms with van der Waals surface area (Å²) >= 11 is 0. The van der Waals surface area contributed by atoms with Crippen LogP contribution >= 0.6 is 0 Å². The SMILES string of the molecule is O=C(O[C@H]1CO[C@H]2OCC[C@H]21)ON1C(=O)CCC1=O.[2H]C([2H])([2H])C([2H])(CN(C[C@@H](O)[C@@H](N)Cc1ccccc1)S(=O)(=O)c1ccc(N)cc1)C([2H])([2H])[2H].[2H]C([2H])([2H])C([2H])(CN(C[C@@H](O)[C@H](Cc1ccccc1)NC(=O)O[C@H]1CO[C@H]2OCC[C@H]21)S(=O)(=O)c1ccc(N)cc1)C([2H])([2H])[2H]. The first-order valence-corrected chi connectivity index (χ1v) is 29.5. The number of hydroxylamine groups is 2. The van der Waals surface area contributed by atoms with Crippen molar-refractivity contribution < 1.29 is 98.7 Å². The van der Waals surface area contributed by atoms with Crippen LogP contribution in [-0.4, -0.2) is 166 Å². The number of amides is 3. The van der Waals surface area contributed by atoms with Crippen LogP contribution in [0.5, 0.6) is 0 Å². The van der Waals surface area contributed by atoms with E-state index in [0.29, 0.717) is 38.9 Å². The second-order valence-corrected chi connectivity index (χ2v) is 24.1. The normalized spacial score (nSPS) is 25.9. The van der Waals surface area contributed by atoms with E-state index in [2.05, 4.69) is 10.2 Å². The van der Waals surface area contributed by atoms with Crippen LogP contribution in [-0.2, 0) is 75.7 Å². The van der Waals surface area contributed by atoms with E-state index in [9.17, 15) is 46.2 Å². The number of anilines is 2. The summed E-state index contributed by atoms with van der Waals surface area (Å²) in [5.74, 6) is -7.69. The Kier molecular flexibility index (Phi) is 17.2. The Morgan fingerprint density at radius 1 is 0.655 bits per heavy atom. The number of nitrogens with two attached hydrogens (primary N) is 3. The molecule has 24 nitrogen and oxygen atoms in total. The van der Waals surface area contributed by atoms with E-state index >= 15 is 0 Å². The number of nitrogens with one attached hydrogen (secondary N) is 1. The number of nitrogen functional groups attached to an aromatic ring is 2. The van der Waals surface area contributed by atoms with Crippen molar-refractivity contribution in [1.82, 2.24) is 19.0 Å². The first kappa shape index (κ1) is 47.9. The van der Waals surface area contributed by atoms with Gasteiger partial charge in [-0.15, -0.1) is 0 Å². The maximum absolute atomic E-state index is 13.8. The Labute approximate surface area is 510 Å². The van der Waals surface area contributed by atoms with Crippen LogP contribution in [0.25, 0.3) is 0 Å². The average Bonchev–Trinajstić information content (AvgIpc) is 1.21. The molecule has 3 amide bonds. The molecule has 0 bridgehead atoms. The van der Waals surface area contributed by atoms with E-state index in [4.69, 9.17) is 64.8 Å². The fourth-order valence-corrected chi connectivity index (χ4v) is 12.4. The zero-order valence-electron chi connectivity index (χ0n) is 59.5. The molecule has 5 fully saturated rings. The van der Waals surface area contributed by atoms with Crippen LogP contribution in [0.2, 0.25) is 0 Å². The van der Waals surface area contributed by atoms with E-state index in [1.165, 1.54) is 36.4 Å². The molecule has 460 valence electrons. The second-order valence-electron chi connectivity index (χ2n) is 20.2. The second kappa shape index (κ2) is 30.2. The number of aliphatic hydroxyl groups excluding tert-OH is 2. The number of sulfonamides is 2. The van der Waals surface area contributed by atoms with Gasteiger partial charge >= 0.3 is 12.2 Å². The van der Waals surface area contributed by atoms with Gasteiger partial charge in [0.1, 0.15) is 12.2 Å². The fraction of sp³-hybridized carbons (Fsp3) is 0.517. The summed E-state index contributed by atoms with van der Waals surface area (Å²) in [4.78, 5) is 51.1. The summed E-state index contributed by atoms with van der Waals surface area (Å²) in [5.41, 5.74) is 19.3. The molecule has 0 saturated carbocycles. The number of imide groups is 1. The molecule has 0 spiro atoms. The molecule has 0 unspecified atom stereocenters. The molecule has 5 heterocycles. The van der Waals surface area contributed by atoms with Gasteiger partial charge in [0.15, 0.2) is 12.6 Å². The molecular weight excluding hydrogens is 1130 g/mol. The van der Waals surface area contributed by atoms with Crippen LogP contribution in [0.1, 0.15) is 83.4 Å². The molecule has 5 aliphatic rings. The molecule has 0 radical (unpaired) electrons. The lowest BCUT2D eigenvalue weighted by molar-refractivity contribution is -0.179. The number of hydrogen-bond acceptors (Lipinski definition) is 20. The van der Waals surface area contributed by atoms with Crippen molar-refractivity contribution >= 4 is 55.5 Å². The summed E-state index contributed by atoms with van der Waals surface area (Å²) in [6.45, 7) is -16.4. The molecule has 5 aliphatic heterocycles. The van der Waals surface area contributed by atoms with E-state index in [1.807, 2.05) is 0 Å². The minimum atomic E-state index is -4.71. The van der Waals surface area contributed by atoms with Gasteiger partial charge < -0.3 is 61.2 Å². The molecular formula is C58H79N7O17S2. The van der Waals surface area contributed by atoms with Gasteiger partial charge in [-0.3, -0.25) is 14.4 Å². The Bertz CT molecular complexity index is 3530. The van der Waals surface area contributed by atoms with Gasteiger partial charge in [0, 0.05) is 75.6 Å². The molecule has 9 rings (SSSR count). The van der Waals surface area contributed by atoms with Gasteiger partial charge in [-0.05, 0) is 97.1 Å². The number of ether oxygens (including phenoxy) is 6. The molecule has 5 saturated heterocycles. The predicted octanol–water partition coefficient (Wildman–Crippen LogP) is 4.19. The monoisotopic (exact) mass is 1220 g/mol. The van der Waals surface area contributed by atoms with Crippen LogP contribution < -0.4 is 22.5 Å². The summed E-state index contributed by atoms with van der Waals surface area (Å²) in [7, 11) is -9.24. The first-order chi connectivity index (χ1) is 45.6. The number of nitrogens with zero attached hydrogens (tertiary/aromatic N) is 3. The Balaban J connectivity index is 0.000000223. The smallest absolute Gasteiger partial charge is 0.443 e. The van der Waals surface area contributed by atoms with E-state index in [-0.39, 0.29) is 78.2 Å². The van der Waals surface area contributed by atoms with E-state index in [1.54, 1.807) is 60.7 Å². The average molecular weight is 1220 g/mol. The zero-order valence-corrected chi connectivity index (χ0v) is 47.1. The number of aliphatic hydroxyl groups is 2. The number of carbonyl (C=O) groups is 4. The Morgan fingerprint density at radius 3 is 1.56 bits per heavy atom. The van der Waals surface area contributed by atoms with Crippen LogP contribution in [0.4, 0.5) is 21.0 Å². The van der Waals surface area contributed by atoms with Gasteiger partial charge in [-0.2, -0.15) is 8.61 Å². The van der Waals surface area contributed by atoms with Crippen molar-refractivity contribution in [2.75, 3.05) is 64.1 Å². The number of rotatable bonds is 22. The number of hydrogen-bond donors (Lipinski definition) is 6. The minimum absolute atomic E-state index is 0.00619. The van der Waals surface area contributed by atoms with Crippen molar-refractivity contribution in [3.05, 3.63) is 120 Å². The van der Waals surface area contributed by atoms with Crippen molar-refractivity contribution in [3.8, 4) is 0 Å². The molecule has 10 atom stereocenters. The summed E-state index contributed by atoms with van der Waals surface area (Å²) in [6, 6.07) is 25.2. The van der Waals surface area contributed by atoms with Gasteiger partial charge in [0.05, 0.1) is 66.3 Å². The first-order valence-electron chi connectivity index (χ1n) is 33.6. The van der Waals surface area contributed by atoms with E-state index in [0.717, 1.165) is 24.1 Å². The third kappa shape index (κ3) is 18.1. The molecule has 0 aromatic heterocycles. The molecule has 84 heavy (non-hydrogen) atoms. The van der Waals surface area contributed by atoms with Gasteiger partial charge in [-0.1, -0.05) is 93.1 Å². The number of fused-ring (bicyclic) bond motifs is 2. The standard InChI is InChI=1S/C27H37N3O7S.C20H29N3O3S.C11H13NO7/c1-18(2)15-30(38(33,34)21-10-8-20(28)9-11-21)16-24(31)23(14-19-6-4-3-5-7-19)29-27(32)37-25-17-36-26-22(25)12-13-35-26;1-15(2)13-23(27(25,26)18-10-8-17(21)9-11-18)14-20(24)19(22)12-16-6-4-3-5-7-16;13-8-1-2-9(14)12(8)19-11(15)18-7-5-17-10-6(7)3-4-16-10/h3-11,18,22-26,31H,12-17,28H2,1-2H3,(H,29,32);3-11,15,19-20,24H,12-14,21-22H2,1-2H3;6-7,10H,1-5H2/t22-,23-,24+,25-,26+;19-,20+;6-,7-,10+/m000/s1/i1D3,2D3,18D;1D3,2D3,15D;.